The molecule has 62 heavy (non-hydrogen) atoms. The zero-order valence-corrected chi connectivity index (χ0v) is 33.1. The van der Waals surface area contributed by atoms with Gasteiger partial charge >= 0.3 is 5.97 Å². The van der Waals surface area contributed by atoms with E-state index in [1.807, 2.05) is 0 Å². The number of aliphatic carboxylic acids is 1. The van der Waals surface area contributed by atoms with Crippen molar-refractivity contribution < 1.29 is 69.0 Å². The second-order valence-electron chi connectivity index (χ2n) is 15.9. The van der Waals surface area contributed by atoms with Crippen LogP contribution in [0.1, 0.15) is 49.5 Å². The number of aromatic hydroxyl groups is 2. The number of carboxylic acid groups (broad SMARTS) is 1. The summed E-state index contributed by atoms with van der Waals surface area (Å²) in [7, 11) is 0. The molecule has 8 atom stereocenters. The number of carbonyl (C=O) groups is 1. The van der Waals surface area contributed by atoms with Crippen LogP contribution in [-0.2, 0) is 15.1 Å². The lowest BCUT2D eigenvalue weighted by Gasteiger charge is -2.47. The summed E-state index contributed by atoms with van der Waals surface area (Å²) in [6, 6.07) is 17.5. The number of phenols is 2. The van der Waals surface area contributed by atoms with Gasteiger partial charge in [0.25, 0.3) is 0 Å². The fourth-order valence-corrected chi connectivity index (χ4v) is 8.58. The molecule has 3 fully saturated rings. The Morgan fingerprint density at radius 2 is 1.77 bits per heavy atom. The fraction of sp³-hybridized carbons (Fsp3) is 0.395. The molecule has 0 bridgehead atoms. The van der Waals surface area contributed by atoms with Crippen molar-refractivity contribution in [3.05, 3.63) is 94.3 Å². The number of fused-ring (bicyclic) bond motifs is 1. The van der Waals surface area contributed by atoms with Crippen LogP contribution in [-0.4, -0.2) is 114 Å². The Balaban J connectivity index is 1.16. The van der Waals surface area contributed by atoms with Crippen molar-refractivity contribution in [1.29, 1.82) is 0 Å². The normalized spacial score (nSPS) is 25.7. The van der Waals surface area contributed by atoms with Gasteiger partial charge in [0.2, 0.25) is 12.0 Å². The van der Waals surface area contributed by atoms with Gasteiger partial charge in [0, 0.05) is 42.6 Å². The van der Waals surface area contributed by atoms with Gasteiger partial charge in [-0.25, -0.2) is 4.79 Å². The maximum absolute atomic E-state index is 13.9. The van der Waals surface area contributed by atoms with Crippen molar-refractivity contribution in [2.45, 2.75) is 86.2 Å². The zero-order chi connectivity index (χ0) is 43.9. The van der Waals surface area contributed by atoms with Gasteiger partial charge < -0.3 is 85.6 Å². The Bertz CT molecular complexity index is 2460. The molecule has 2 aromatic heterocycles. The standard InChI is InChI=1S/C43H48N4O15/c44-32-11-10-26(47-32)34(51)31(19-48)58-25-8-6-21(7-9-25)28-15-27(50)33-29(59-28)16-30(37(35(33)52)62-42(12-1-2-13-42)22-4-3-5-24(49)14-22)60-41-36(53)38(54)43(57,39(61-41)40(55)56)17-23-18-45-20-46-23/h3-11,14-16,23,31,34,36,38-39,41,45-49,51-54,57H,1-2,12-13,17-20,44H2,(H,55,56). The number of benzene rings is 3. The highest BCUT2D eigenvalue weighted by atomic mass is 16.7. The molecule has 1 saturated carbocycles. The van der Waals surface area contributed by atoms with E-state index >= 15 is 0 Å². The van der Waals surface area contributed by atoms with Crippen LogP contribution in [0.25, 0.3) is 22.3 Å². The number of anilines is 1. The number of rotatable bonds is 14. The molecule has 1 aliphatic carbocycles. The smallest absolute Gasteiger partial charge is 0.336 e. The van der Waals surface area contributed by atoms with Crippen molar-refractivity contribution in [2.75, 3.05) is 25.6 Å². The number of aromatic amines is 1. The Morgan fingerprint density at radius 3 is 2.42 bits per heavy atom. The molecule has 330 valence electrons. The molecule has 5 aromatic rings. The van der Waals surface area contributed by atoms with Crippen LogP contribution in [0.3, 0.4) is 0 Å². The molecule has 13 N–H and O–H groups in total. The van der Waals surface area contributed by atoms with E-state index in [0.717, 1.165) is 6.07 Å². The first-order valence-corrected chi connectivity index (χ1v) is 20.1. The first kappa shape index (κ1) is 42.8. The predicted octanol–water partition coefficient (Wildman–Crippen LogP) is 1.65. The minimum absolute atomic E-state index is 0.0242. The monoisotopic (exact) mass is 860 g/mol. The van der Waals surface area contributed by atoms with Crippen molar-refractivity contribution in [1.82, 2.24) is 15.6 Å². The van der Waals surface area contributed by atoms with Gasteiger partial charge in [-0.15, -0.1) is 0 Å². The fourth-order valence-electron chi connectivity index (χ4n) is 8.58. The minimum atomic E-state index is -2.47. The molecular weight excluding hydrogens is 812 g/mol. The third-order valence-corrected chi connectivity index (χ3v) is 11.8. The molecule has 3 aliphatic rings. The molecule has 2 saturated heterocycles. The van der Waals surface area contributed by atoms with Gasteiger partial charge in [0.15, 0.2) is 29.1 Å². The third kappa shape index (κ3) is 8.12. The van der Waals surface area contributed by atoms with E-state index < -0.39 is 83.6 Å². The largest absolute Gasteiger partial charge is 0.508 e. The number of nitrogens with one attached hydrogen (secondary N) is 3. The van der Waals surface area contributed by atoms with Crippen LogP contribution in [0.4, 0.5) is 5.82 Å². The number of aliphatic hydroxyl groups excluding tert-OH is 4. The van der Waals surface area contributed by atoms with Crippen LogP contribution in [0.2, 0.25) is 0 Å². The molecule has 8 unspecified atom stereocenters. The lowest BCUT2D eigenvalue weighted by molar-refractivity contribution is -0.307. The van der Waals surface area contributed by atoms with E-state index in [1.165, 1.54) is 30.3 Å². The molecule has 19 heteroatoms. The zero-order valence-electron chi connectivity index (χ0n) is 33.1. The number of H-pyrrole nitrogens is 1. The van der Waals surface area contributed by atoms with Gasteiger partial charge in [0.05, 0.1) is 6.61 Å². The molecule has 0 spiro atoms. The second-order valence-corrected chi connectivity index (χ2v) is 15.9. The lowest BCUT2D eigenvalue weighted by atomic mass is 9.79. The van der Waals surface area contributed by atoms with E-state index in [2.05, 4.69) is 15.6 Å². The number of hydrogen-bond acceptors (Lipinski definition) is 17. The van der Waals surface area contributed by atoms with Crippen LogP contribution in [0.5, 0.6) is 28.7 Å². The lowest BCUT2D eigenvalue weighted by Crippen LogP contribution is -2.70. The van der Waals surface area contributed by atoms with E-state index in [0.29, 0.717) is 61.5 Å². The number of nitrogens with two attached hydrogens (primary N) is 1. The second kappa shape index (κ2) is 17.1. The first-order valence-electron chi connectivity index (χ1n) is 20.1. The molecule has 4 heterocycles. The van der Waals surface area contributed by atoms with Crippen LogP contribution in [0.15, 0.2) is 82.0 Å². The van der Waals surface area contributed by atoms with Gasteiger partial charge in [-0.3, -0.25) is 4.79 Å². The molecule has 19 nitrogen and oxygen atoms in total. The van der Waals surface area contributed by atoms with Crippen molar-refractivity contribution >= 4 is 22.8 Å². The SMILES string of the molecule is Nc1ccc(C(O)C(CO)Oc2ccc(-c3cc(=O)c4c(O)c(OC5(c6cccc(O)c6)CCCC5)c(OC5OC(C(=O)O)C(O)(CC6CNCN6)C(O)C5O)cc4o3)cc2)[nH]1. The Kier molecular flexibility index (Phi) is 11.8. The molecule has 2 aliphatic heterocycles. The molecule has 0 amide bonds. The average Bonchev–Trinajstić information content (AvgIpc) is 4.05. The summed E-state index contributed by atoms with van der Waals surface area (Å²) in [4.78, 5) is 29.3. The van der Waals surface area contributed by atoms with E-state index in [9.17, 15) is 50.4 Å². The summed E-state index contributed by atoms with van der Waals surface area (Å²) in [6.45, 7) is 0.187. The Labute approximate surface area is 352 Å². The first-order chi connectivity index (χ1) is 29.7. The van der Waals surface area contributed by atoms with E-state index in [4.69, 9.17) is 29.1 Å². The minimum Gasteiger partial charge on any atom is -0.508 e. The van der Waals surface area contributed by atoms with Crippen LogP contribution >= 0.6 is 0 Å². The summed E-state index contributed by atoms with van der Waals surface area (Å²) < 4.78 is 30.5. The molecule has 3 aromatic carbocycles. The maximum Gasteiger partial charge on any atom is 0.336 e. The Morgan fingerprint density at radius 1 is 1.02 bits per heavy atom. The van der Waals surface area contributed by atoms with E-state index in [-0.39, 0.29) is 40.4 Å². The van der Waals surface area contributed by atoms with Crippen molar-refractivity contribution in [3.8, 4) is 40.1 Å². The number of hydrogen-bond donors (Lipinski definition) is 12. The Hall–Kier alpha value is -5.90. The van der Waals surface area contributed by atoms with Crippen molar-refractivity contribution in [2.24, 2.45) is 0 Å². The highest BCUT2D eigenvalue weighted by Gasteiger charge is 2.59. The highest BCUT2D eigenvalue weighted by Crippen LogP contribution is 2.51. The molecular formula is C43H48N4O15. The van der Waals surface area contributed by atoms with Gasteiger partial charge in [0.1, 0.15) is 63.6 Å². The quantitative estimate of drug-likeness (QED) is 0.0755. The maximum atomic E-state index is 13.9. The number of carboxylic acids is 1. The average molecular weight is 861 g/mol. The van der Waals surface area contributed by atoms with Gasteiger partial charge in [-0.05, 0) is 86.2 Å². The number of nitrogen functional groups attached to an aromatic ring is 1. The number of phenolic OH excluding ortho intramolecular Hbond substituents is 2. The number of aromatic nitrogens is 1. The molecule has 8 rings (SSSR count). The molecule has 0 radical (unpaired) electrons. The predicted molar refractivity (Wildman–Crippen MR) is 218 cm³/mol. The van der Waals surface area contributed by atoms with Crippen molar-refractivity contribution in [3.63, 3.8) is 0 Å². The summed E-state index contributed by atoms with van der Waals surface area (Å²) in [6.07, 6.45) is -8.62. The summed E-state index contributed by atoms with van der Waals surface area (Å²) >= 11 is 0. The van der Waals surface area contributed by atoms with E-state index in [1.54, 1.807) is 36.4 Å². The highest BCUT2D eigenvalue weighted by molar-refractivity contribution is 5.89. The summed E-state index contributed by atoms with van der Waals surface area (Å²) in [5.41, 5.74) is 2.43. The summed E-state index contributed by atoms with van der Waals surface area (Å²) in [5, 5.41) is 93.4. The third-order valence-electron chi connectivity index (χ3n) is 11.8. The van der Waals surface area contributed by atoms with Crippen LogP contribution < -0.4 is 36.0 Å². The van der Waals surface area contributed by atoms with Gasteiger partial charge in [-0.1, -0.05) is 12.1 Å². The number of aliphatic hydroxyl groups is 5. The summed E-state index contributed by atoms with van der Waals surface area (Å²) in [5.74, 6) is -2.58. The number of ether oxygens (including phenoxy) is 4. The topological polar surface area (TPSA) is 312 Å². The van der Waals surface area contributed by atoms with Crippen LogP contribution in [0, 0.1) is 0 Å². The van der Waals surface area contributed by atoms with Gasteiger partial charge in [-0.2, -0.15) is 0 Å².